The Morgan fingerprint density at radius 2 is 2.06 bits per heavy atom. The van der Waals surface area contributed by atoms with E-state index in [1.165, 1.54) is 12.1 Å². The minimum Gasteiger partial charge on any atom is -0.399 e. The molecule has 3 N–H and O–H groups in total. The van der Waals surface area contributed by atoms with Crippen LogP contribution in [0.15, 0.2) is 41.3 Å². The van der Waals surface area contributed by atoms with Crippen molar-refractivity contribution < 1.29 is 8.42 Å². The van der Waals surface area contributed by atoms with Gasteiger partial charge in [0.2, 0.25) is 10.0 Å². The van der Waals surface area contributed by atoms with Crippen molar-refractivity contribution in [3.63, 3.8) is 0 Å². The third kappa shape index (κ3) is 3.10. The Labute approximate surface area is 111 Å². The zero-order chi connectivity index (χ0) is 13.2. The molecule has 0 saturated carbocycles. The van der Waals surface area contributed by atoms with Crippen LogP contribution in [-0.4, -0.2) is 8.42 Å². The van der Waals surface area contributed by atoms with Gasteiger partial charge in [-0.1, -0.05) is 6.07 Å². The molecule has 0 aliphatic heterocycles. The average molecular weight is 282 g/mol. The topological polar surface area (TPSA) is 72.2 Å². The van der Waals surface area contributed by atoms with E-state index in [1.54, 1.807) is 23.5 Å². The van der Waals surface area contributed by atoms with Crippen LogP contribution in [0, 0.1) is 6.92 Å². The smallest absolute Gasteiger partial charge is 0.240 e. The Hall–Kier alpha value is -1.37. The van der Waals surface area contributed by atoms with Crippen molar-refractivity contribution in [2.24, 2.45) is 0 Å². The lowest BCUT2D eigenvalue weighted by Gasteiger charge is -2.06. The first-order valence-corrected chi connectivity index (χ1v) is 7.68. The van der Waals surface area contributed by atoms with Crippen LogP contribution < -0.4 is 10.5 Å². The van der Waals surface area contributed by atoms with Gasteiger partial charge in [0.05, 0.1) is 4.90 Å². The number of thiophene rings is 1. The highest BCUT2D eigenvalue weighted by atomic mass is 32.2. The third-order valence-corrected chi connectivity index (χ3v) is 4.80. The normalized spacial score (nSPS) is 11.6. The molecule has 0 aliphatic rings. The van der Waals surface area contributed by atoms with Gasteiger partial charge in [0.1, 0.15) is 0 Å². The third-order valence-electron chi connectivity index (χ3n) is 2.40. The van der Waals surface area contributed by atoms with Gasteiger partial charge in [0, 0.05) is 22.0 Å². The number of nitrogen functional groups attached to an aromatic ring is 1. The number of nitrogens with two attached hydrogens (primary N) is 1. The largest absolute Gasteiger partial charge is 0.399 e. The lowest BCUT2D eigenvalue weighted by Crippen LogP contribution is -2.22. The first-order valence-electron chi connectivity index (χ1n) is 5.38. The highest BCUT2D eigenvalue weighted by Crippen LogP contribution is 2.17. The van der Waals surface area contributed by atoms with Crippen molar-refractivity contribution in [3.05, 3.63) is 46.2 Å². The Morgan fingerprint density at radius 3 is 2.67 bits per heavy atom. The maximum Gasteiger partial charge on any atom is 0.240 e. The molecule has 1 aromatic carbocycles. The number of rotatable bonds is 4. The summed E-state index contributed by atoms with van der Waals surface area (Å²) in [6.45, 7) is 2.29. The van der Waals surface area contributed by atoms with E-state index in [4.69, 9.17) is 5.73 Å². The lowest BCUT2D eigenvalue weighted by molar-refractivity contribution is 0.582. The summed E-state index contributed by atoms with van der Waals surface area (Å²) in [6, 6.07) is 10.1. The zero-order valence-electron chi connectivity index (χ0n) is 9.88. The number of nitrogens with one attached hydrogen (secondary N) is 1. The van der Waals surface area contributed by atoms with Crippen molar-refractivity contribution in [2.75, 3.05) is 5.73 Å². The van der Waals surface area contributed by atoms with Gasteiger partial charge >= 0.3 is 0 Å². The molecule has 0 bridgehead atoms. The highest BCUT2D eigenvalue weighted by molar-refractivity contribution is 7.89. The molecule has 0 atom stereocenters. The Balaban J connectivity index is 2.13. The second-order valence-electron chi connectivity index (χ2n) is 3.91. The predicted molar refractivity (Wildman–Crippen MR) is 73.9 cm³/mol. The molecule has 0 aliphatic carbocycles. The number of hydrogen-bond donors (Lipinski definition) is 2. The maximum absolute atomic E-state index is 12.0. The summed E-state index contributed by atoms with van der Waals surface area (Å²) in [5, 5.41) is 0. The van der Waals surface area contributed by atoms with Gasteiger partial charge in [-0.3, -0.25) is 0 Å². The molecule has 2 aromatic rings. The Kier molecular flexibility index (Phi) is 3.70. The highest BCUT2D eigenvalue weighted by Gasteiger charge is 2.13. The first kappa shape index (κ1) is 13.1. The van der Waals surface area contributed by atoms with Crippen LogP contribution >= 0.6 is 11.3 Å². The lowest BCUT2D eigenvalue weighted by atomic mass is 10.3. The molecule has 0 unspecified atom stereocenters. The van der Waals surface area contributed by atoms with Gasteiger partial charge in [-0.15, -0.1) is 11.3 Å². The molecule has 0 fully saturated rings. The van der Waals surface area contributed by atoms with Gasteiger partial charge < -0.3 is 5.73 Å². The number of hydrogen-bond acceptors (Lipinski definition) is 4. The van der Waals surface area contributed by atoms with E-state index in [0.29, 0.717) is 12.2 Å². The fraction of sp³-hybridized carbons (Fsp3) is 0.167. The molecule has 0 saturated heterocycles. The summed E-state index contributed by atoms with van der Waals surface area (Å²) in [7, 11) is -3.50. The van der Waals surface area contributed by atoms with Crippen molar-refractivity contribution >= 4 is 27.0 Å². The van der Waals surface area contributed by atoms with Crippen molar-refractivity contribution in [1.82, 2.24) is 4.72 Å². The number of aryl methyl sites for hydroxylation is 1. The van der Waals surface area contributed by atoms with Crippen molar-refractivity contribution in [2.45, 2.75) is 18.4 Å². The first-order chi connectivity index (χ1) is 8.47. The summed E-state index contributed by atoms with van der Waals surface area (Å²) in [6.07, 6.45) is 0. The van der Waals surface area contributed by atoms with Gasteiger partial charge in [-0.25, -0.2) is 13.1 Å². The maximum atomic E-state index is 12.0. The second kappa shape index (κ2) is 5.09. The van der Waals surface area contributed by atoms with Crippen LogP contribution in [0.1, 0.15) is 9.75 Å². The van der Waals surface area contributed by atoms with Gasteiger partial charge in [0.15, 0.2) is 0 Å². The minimum atomic E-state index is -3.50. The van der Waals surface area contributed by atoms with Crippen LogP contribution in [-0.2, 0) is 16.6 Å². The number of sulfonamides is 1. The molecule has 0 amide bonds. The molecule has 0 spiro atoms. The standard InChI is InChI=1S/C12H14N2O2S2/c1-9-5-6-11(17-9)8-14-18(15,16)12-4-2-3-10(13)7-12/h2-7,14H,8,13H2,1H3. The molecular weight excluding hydrogens is 268 g/mol. The molecule has 0 radical (unpaired) electrons. The van der Waals surface area contributed by atoms with Crippen LogP contribution in [0.4, 0.5) is 5.69 Å². The quantitative estimate of drug-likeness (QED) is 0.844. The Bertz CT molecular complexity index is 648. The van der Waals surface area contributed by atoms with Crippen LogP contribution in [0.3, 0.4) is 0 Å². The molecule has 1 heterocycles. The molecule has 2 rings (SSSR count). The minimum absolute atomic E-state index is 0.191. The van der Waals surface area contributed by atoms with Crippen LogP contribution in [0.25, 0.3) is 0 Å². The molecular formula is C12H14N2O2S2. The van der Waals surface area contributed by atoms with E-state index in [2.05, 4.69) is 4.72 Å². The zero-order valence-corrected chi connectivity index (χ0v) is 11.5. The van der Waals surface area contributed by atoms with Crippen LogP contribution in [0.2, 0.25) is 0 Å². The summed E-state index contributed by atoms with van der Waals surface area (Å²) < 4.78 is 26.6. The van der Waals surface area contributed by atoms with E-state index >= 15 is 0 Å². The van der Waals surface area contributed by atoms with E-state index in [1.807, 2.05) is 19.1 Å². The van der Waals surface area contributed by atoms with Crippen molar-refractivity contribution in [1.29, 1.82) is 0 Å². The summed E-state index contributed by atoms with van der Waals surface area (Å²) in [5.74, 6) is 0. The summed E-state index contributed by atoms with van der Waals surface area (Å²) in [4.78, 5) is 2.34. The van der Waals surface area contributed by atoms with Gasteiger partial charge in [0.25, 0.3) is 0 Å². The predicted octanol–water partition coefficient (Wildman–Crippen LogP) is 2.12. The van der Waals surface area contributed by atoms with E-state index in [-0.39, 0.29) is 4.90 Å². The van der Waals surface area contributed by atoms with Crippen LogP contribution in [0.5, 0.6) is 0 Å². The van der Waals surface area contributed by atoms with Gasteiger partial charge in [-0.05, 0) is 37.3 Å². The van der Waals surface area contributed by atoms with E-state index < -0.39 is 10.0 Å². The second-order valence-corrected chi connectivity index (χ2v) is 7.05. The molecule has 6 heteroatoms. The summed E-state index contributed by atoms with van der Waals surface area (Å²) in [5.41, 5.74) is 6.01. The van der Waals surface area contributed by atoms with Crippen molar-refractivity contribution in [3.8, 4) is 0 Å². The number of anilines is 1. The average Bonchev–Trinajstić information content (AvgIpc) is 2.73. The molecule has 96 valence electrons. The van der Waals surface area contributed by atoms with E-state index in [0.717, 1.165) is 9.75 Å². The summed E-state index contributed by atoms with van der Waals surface area (Å²) >= 11 is 1.58. The van der Waals surface area contributed by atoms with Gasteiger partial charge in [-0.2, -0.15) is 0 Å². The number of benzene rings is 1. The fourth-order valence-corrected chi connectivity index (χ4v) is 3.49. The monoisotopic (exact) mass is 282 g/mol. The molecule has 18 heavy (non-hydrogen) atoms. The fourth-order valence-electron chi connectivity index (χ4n) is 1.51. The Morgan fingerprint density at radius 1 is 1.28 bits per heavy atom. The molecule has 1 aromatic heterocycles. The SMILES string of the molecule is Cc1ccc(CNS(=O)(=O)c2cccc(N)c2)s1. The molecule has 4 nitrogen and oxygen atoms in total. The van der Waals surface area contributed by atoms with E-state index in [9.17, 15) is 8.42 Å².